The van der Waals surface area contributed by atoms with Gasteiger partial charge < -0.3 is 19.3 Å². The summed E-state index contributed by atoms with van der Waals surface area (Å²) in [4.78, 5) is 0. The van der Waals surface area contributed by atoms with E-state index in [2.05, 4.69) is 13.0 Å². The van der Waals surface area contributed by atoms with Crippen molar-refractivity contribution in [1.82, 2.24) is 0 Å². The van der Waals surface area contributed by atoms with Gasteiger partial charge in [0.05, 0.1) is 50.6 Å². The monoisotopic (exact) mass is 409 g/mol. The maximum Gasteiger partial charge on any atom is 0.107 e. The largest absolute Gasteiger partial charge is 0.390 e. The van der Waals surface area contributed by atoms with Crippen LogP contribution in [0.25, 0.3) is 0 Å². The summed E-state index contributed by atoms with van der Waals surface area (Å²) in [6.45, 7) is 3.42. The van der Waals surface area contributed by atoms with Crippen LogP contribution < -0.4 is 0 Å². The fourth-order valence-electron chi connectivity index (χ4n) is 3.85. The topological polar surface area (TPSA) is 71.7 Å². The van der Waals surface area contributed by atoms with Crippen LogP contribution in [0.2, 0.25) is 0 Å². The molecular formula is C25H31NO4. The van der Waals surface area contributed by atoms with Gasteiger partial charge in [0.25, 0.3) is 0 Å². The molecule has 3 rings (SSSR count). The Kier molecular flexibility index (Phi) is 8.85. The van der Waals surface area contributed by atoms with Crippen molar-refractivity contribution in [3.63, 3.8) is 0 Å². The van der Waals surface area contributed by atoms with Crippen molar-refractivity contribution in [2.45, 2.75) is 63.8 Å². The molecule has 5 nitrogen and oxygen atoms in total. The van der Waals surface area contributed by atoms with Gasteiger partial charge in [0.1, 0.15) is 6.10 Å². The molecule has 1 aliphatic rings. The van der Waals surface area contributed by atoms with Crippen molar-refractivity contribution < 1.29 is 19.3 Å². The van der Waals surface area contributed by atoms with Crippen LogP contribution >= 0.6 is 0 Å². The molecule has 5 atom stereocenters. The van der Waals surface area contributed by atoms with Gasteiger partial charge in [0.2, 0.25) is 0 Å². The Hall–Kier alpha value is -2.23. The fraction of sp³-hybridized carbons (Fsp3) is 0.480. The molecule has 2 aromatic rings. The van der Waals surface area contributed by atoms with Gasteiger partial charge in [0, 0.05) is 0 Å². The lowest BCUT2D eigenvalue weighted by atomic mass is 9.90. The Morgan fingerprint density at radius 3 is 2.23 bits per heavy atom. The highest BCUT2D eigenvalue weighted by atomic mass is 16.6. The molecule has 0 saturated carbocycles. The first-order chi connectivity index (χ1) is 14.7. The van der Waals surface area contributed by atoms with E-state index in [0.717, 1.165) is 17.5 Å². The Labute approximate surface area is 179 Å². The highest BCUT2D eigenvalue weighted by molar-refractivity contribution is 5.14. The first-order valence-electron chi connectivity index (χ1n) is 10.6. The zero-order valence-electron chi connectivity index (χ0n) is 17.5. The maximum absolute atomic E-state index is 10.5. The van der Waals surface area contributed by atoms with Crippen LogP contribution in [0.4, 0.5) is 0 Å². The predicted molar refractivity (Wildman–Crippen MR) is 114 cm³/mol. The number of benzene rings is 2. The molecule has 0 amide bonds. The van der Waals surface area contributed by atoms with Gasteiger partial charge >= 0.3 is 0 Å². The third-order valence-corrected chi connectivity index (χ3v) is 5.46. The lowest BCUT2D eigenvalue weighted by Gasteiger charge is -2.37. The number of ether oxygens (including phenoxy) is 3. The molecule has 1 N–H and O–H groups in total. The van der Waals surface area contributed by atoms with Crippen LogP contribution in [0.5, 0.6) is 0 Å². The number of nitriles is 1. The lowest BCUT2D eigenvalue weighted by Crippen LogP contribution is -2.45. The van der Waals surface area contributed by atoms with E-state index in [9.17, 15) is 10.4 Å². The van der Waals surface area contributed by atoms with Gasteiger partial charge in [-0.25, -0.2) is 0 Å². The molecule has 0 spiro atoms. The minimum atomic E-state index is -0.661. The fourth-order valence-corrected chi connectivity index (χ4v) is 3.85. The molecule has 160 valence electrons. The molecule has 0 radical (unpaired) electrons. The summed E-state index contributed by atoms with van der Waals surface area (Å²) in [7, 11) is 0. The van der Waals surface area contributed by atoms with E-state index >= 15 is 0 Å². The summed E-state index contributed by atoms with van der Waals surface area (Å²) in [6.07, 6.45) is -0.221. The molecule has 0 aliphatic carbocycles. The highest BCUT2D eigenvalue weighted by Gasteiger charge is 2.35. The summed E-state index contributed by atoms with van der Waals surface area (Å²) in [5, 5.41) is 19.7. The summed E-state index contributed by atoms with van der Waals surface area (Å²) in [6, 6.07) is 22.2. The molecule has 2 aromatic carbocycles. The van der Waals surface area contributed by atoms with Gasteiger partial charge in [-0.2, -0.15) is 5.26 Å². The van der Waals surface area contributed by atoms with Gasteiger partial charge in [-0.05, 0) is 29.9 Å². The van der Waals surface area contributed by atoms with Crippen LogP contribution in [0, 0.1) is 17.2 Å². The SMILES string of the molecule is C[C@@H]1C[C@H](O)[C@@H](CC#N)O[C@@H](COCc2ccccc2)[C@H](OCc2ccccc2)C1. The highest BCUT2D eigenvalue weighted by Crippen LogP contribution is 2.28. The number of aliphatic hydroxyl groups is 1. The van der Waals surface area contributed by atoms with Crippen LogP contribution in [0.1, 0.15) is 37.3 Å². The van der Waals surface area contributed by atoms with Crippen molar-refractivity contribution in [2.75, 3.05) is 6.61 Å². The number of hydrogen-bond donors (Lipinski definition) is 1. The number of hydrogen-bond acceptors (Lipinski definition) is 5. The molecule has 30 heavy (non-hydrogen) atoms. The van der Waals surface area contributed by atoms with Gasteiger partial charge in [-0.15, -0.1) is 0 Å². The second-order valence-electron chi connectivity index (χ2n) is 8.05. The number of nitrogens with zero attached hydrogens (tertiary/aromatic N) is 1. The zero-order valence-corrected chi connectivity index (χ0v) is 17.5. The van der Waals surface area contributed by atoms with E-state index < -0.39 is 12.2 Å². The number of aliphatic hydroxyl groups excluding tert-OH is 1. The normalized spacial score (nSPS) is 27.0. The number of rotatable bonds is 8. The van der Waals surface area contributed by atoms with Crippen LogP contribution in [0.15, 0.2) is 60.7 Å². The summed E-state index contributed by atoms with van der Waals surface area (Å²) >= 11 is 0. The Morgan fingerprint density at radius 2 is 1.60 bits per heavy atom. The molecule has 1 saturated heterocycles. The molecule has 1 aliphatic heterocycles. The van der Waals surface area contributed by atoms with Crippen LogP contribution in [-0.4, -0.2) is 36.1 Å². The molecule has 0 bridgehead atoms. The molecule has 1 fully saturated rings. The minimum absolute atomic E-state index is 0.147. The summed E-state index contributed by atoms with van der Waals surface area (Å²) in [5.74, 6) is 0.252. The Morgan fingerprint density at radius 1 is 0.967 bits per heavy atom. The average molecular weight is 410 g/mol. The van der Waals surface area contributed by atoms with E-state index in [1.165, 1.54) is 0 Å². The van der Waals surface area contributed by atoms with Gasteiger partial charge in [0.15, 0.2) is 0 Å². The van der Waals surface area contributed by atoms with Crippen molar-refractivity contribution >= 4 is 0 Å². The summed E-state index contributed by atoms with van der Waals surface area (Å²) in [5.41, 5.74) is 2.19. The maximum atomic E-state index is 10.5. The Balaban J connectivity index is 1.69. The molecule has 0 unspecified atom stereocenters. The zero-order chi connectivity index (χ0) is 21.2. The predicted octanol–water partition coefficient (Wildman–Crippen LogP) is 4.25. The van der Waals surface area contributed by atoms with Crippen molar-refractivity contribution in [1.29, 1.82) is 5.26 Å². The van der Waals surface area contributed by atoms with E-state index in [0.29, 0.717) is 26.2 Å². The quantitative estimate of drug-likeness (QED) is 0.706. The van der Waals surface area contributed by atoms with E-state index in [1.54, 1.807) is 0 Å². The lowest BCUT2D eigenvalue weighted by molar-refractivity contribution is -0.173. The van der Waals surface area contributed by atoms with Crippen LogP contribution in [0.3, 0.4) is 0 Å². The molecule has 5 heteroatoms. The van der Waals surface area contributed by atoms with Crippen molar-refractivity contribution in [2.24, 2.45) is 5.92 Å². The van der Waals surface area contributed by atoms with E-state index in [1.807, 2.05) is 60.7 Å². The second-order valence-corrected chi connectivity index (χ2v) is 8.05. The smallest absolute Gasteiger partial charge is 0.107 e. The minimum Gasteiger partial charge on any atom is -0.390 e. The van der Waals surface area contributed by atoms with Crippen molar-refractivity contribution in [3.05, 3.63) is 71.8 Å². The van der Waals surface area contributed by atoms with Crippen LogP contribution in [-0.2, 0) is 27.4 Å². The standard InChI is InChI=1S/C25H31NO4/c1-19-14-22(27)23(12-13-26)30-25(18-28-16-20-8-4-2-5-9-20)24(15-19)29-17-21-10-6-3-7-11-21/h2-11,19,22-25,27H,12,14-18H2,1H3/t19-,22+,23-,24-,25+/m1/s1. The first kappa shape index (κ1) is 22.5. The second kappa shape index (κ2) is 11.8. The average Bonchev–Trinajstić information content (AvgIpc) is 2.76. The third-order valence-electron chi connectivity index (χ3n) is 5.46. The molecule has 1 heterocycles. The van der Waals surface area contributed by atoms with Crippen molar-refractivity contribution in [3.8, 4) is 6.07 Å². The van der Waals surface area contributed by atoms with E-state index in [-0.39, 0.29) is 24.5 Å². The molecule has 0 aromatic heterocycles. The molecular weight excluding hydrogens is 378 g/mol. The third kappa shape index (κ3) is 6.93. The van der Waals surface area contributed by atoms with E-state index in [4.69, 9.17) is 14.2 Å². The first-order valence-corrected chi connectivity index (χ1v) is 10.6. The van der Waals surface area contributed by atoms with Gasteiger partial charge in [-0.3, -0.25) is 0 Å². The van der Waals surface area contributed by atoms with Gasteiger partial charge in [-0.1, -0.05) is 67.6 Å². The summed E-state index contributed by atoms with van der Waals surface area (Å²) < 4.78 is 18.5. The Bertz CT molecular complexity index is 777.